The smallest absolute Gasteiger partial charge is 0.0802 e. The first kappa shape index (κ1) is 16.7. The number of aliphatic hydroxyl groups excluding tert-OH is 1. The van der Waals surface area contributed by atoms with Gasteiger partial charge in [-0.25, -0.2) is 0 Å². The van der Waals surface area contributed by atoms with Gasteiger partial charge in [-0.15, -0.1) is 0 Å². The molecular formula is C19H30N2O2. The number of piperidine rings is 1. The molecule has 1 saturated heterocycles. The Balaban J connectivity index is 1.54. The van der Waals surface area contributed by atoms with Gasteiger partial charge in [-0.3, -0.25) is 0 Å². The fourth-order valence-electron chi connectivity index (χ4n) is 3.58. The number of hydrogen-bond donors (Lipinski definition) is 2. The van der Waals surface area contributed by atoms with E-state index in [0.717, 1.165) is 32.5 Å². The lowest BCUT2D eigenvalue weighted by molar-refractivity contribution is -0.0706. The van der Waals surface area contributed by atoms with Crippen molar-refractivity contribution in [2.45, 2.75) is 56.8 Å². The maximum atomic E-state index is 9.62. The van der Waals surface area contributed by atoms with Gasteiger partial charge in [-0.2, -0.15) is 0 Å². The van der Waals surface area contributed by atoms with E-state index in [9.17, 15) is 5.11 Å². The zero-order chi connectivity index (χ0) is 16.3. The number of hydrogen-bond acceptors (Lipinski definition) is 4. The van der Waals surface area contributed by atoms with E-state index in [0.29, 0.717) is 6.04 Å². The van der Waals surface area contributed by atoms with Crippen LogP contribution in [0.4, 0.5) is 5.69 Å². The van der Waals surface area contributed by atoms with Gasteiger partial charge in [0.05, 0.1) is 11.7 Å². The molecule has 1 aromatic rings. The minimum Gasteiger partial charge on any atom is -0.393 e. The largest absolute Gasteiger partial charge is 0.393 e. The molecule has 0 amide bonds. The molecule has 2 N–H and O–H groups in total. The van der Waals surface area contributed by atoms with Crippen LogP contribution in [0.3, 0.4) is 0 Å². The summed E-state index contributed by atoms with van der Waals surface area (Å²) in [7, 11) is 1.83. The van der Waals surface area contributed by atoms with Crippen LogP contribution in [-0.2, 0) is 4.74 Å². The van der Waals surface area contributed by atoms with Gasteiger partial charge in [0.2, 0.25) is 0 Å². The summed E-state index contributed by atoms with van der Waals surface area (Å²) in [6.45, 7) is 5.04. The van der Waals surface area contributed by atoms with Crippen molar-refractivity contribution in [1.29, 1.82) is 0 Å². The topological polar surface area (TPSA) is 44.7 Å². The lowest BCUT2D eigenvalue weighted by atomic mass is 9.80. The molecule has 0 spiro atoms. The fourth-order valence-corrected chi connectivity index (χ4v) is 3.58. The van der Waals surface area contributed by atoms with Crippen LogP contribution in [0.1, 0.15) is 50.6 Å². The van der Waals surface area contributed by atoms with E-state index in [1.165, 1.54) is 30.5 Å². The first-order chi connectivity index (χ1) is 11.1. The van der Waals surface area contributed by atoms with Gasteiger partial charge in [0.25, 0.3) is 0 Å². The standard InChI is InChI=1S/C19H30N2O2/c1-15(20-14-19(23-2)10-3-11-19)16-4-6-17(7-5-16)21-12-8-18(22)9-13-21/h4-7,15,18,20,22H,3,8-14H2,1-2H3. The van der Waals surface area contributed by atoms with Gasteiger partial charge < -0.3 is 20.1 Å². The summed E-state index contributed by atoms with van der Waals surface area (Å²) in [5, 5.41) is 13.2. The van der Waals surface area contributed by atoms with E-state index in [-0.39, 0.29) is 11.7 Å². The van der Waals surface area contributed by atoms with Crippen molar-refractivity contribution in [3.05, 3.63) is 29.8 Å². The van der Waals surface area contributed by atoms with Crippen LogP contribution in [0.5, 0.6) is 0 Å². The monoisotopic (exact) mass is 318 g/mol. The van der Waals surface area contributed by atoms with E-state index in [1.54, 1.807) is 0 Å². The lowest BCUT2D eigenvalue weighted by Crippen LogP contribution is -2.48. The van der Waals surface area contributed by atoms with Crippen LogP contribution in [0.15, 0.2) is 24.3 Å². The Labute approximate surface area is 139 Å². The molecule has 2 fully saturated rings. The third-order valence-electron chi connectivity index (χ3n) is 5.65. The van der Waals surface area contributed by atoms with E-state index in [2.05, 4.69) is 41.4 Å². The molecule has 0 bridgehead atoms. The quantitative estimate of drug-likeness (QED) is 0.846. The Morgan fingerprint density at radius 2 is 1.91 bits per heavy atom. The van der Waals surface area contributed by atoms with E-state index >= 15 is 0 Å². The highest BCUT2D eigenvalue weighted by atomic mass is 16.5. The van der Waals surface area contributed by atoms with Crippen LogP contribution < -0.4 is 10.2 Å². The third-order valence-corrected chi connectivity index (χ3v) is 5.65. The normalized spacial score (nSPS) is 22.7. The summed E-state index contributed by atoms with van der Waals surface area (Å²) in [5.74, 6) is 0. The second-order valence-corrected chi connectivity index (χ2v) is 7.15. The highest BCUT2D eigenvalue weighted by Gasteiger charge is 2.36. The van der Waals surface area contributed by atoms with Gasteiger partial charge in [0.15, 0.2) is 0 Å². The van der Waals surface area contributed by atoms with E-state index in [1.807, 2.05) is 7.11 Å². The van der Waals surface area contributed by atoms with Crippen LogP contribution in [-0.4, -0.2) is 43.6 Å². The first-order valence-electron chi connectivity index (χ1n) is 8.93. The molecule has 2 aliphatic rings. The SMILES string of the molecule is COC1(CNC(C)c2ccc(N3CCC(O)CC3)cc2)CCC1. The van der Waals surface area contributed by atoms with Gasteiger partial charge in [-0.05, 0) is 56.7 Å². The number of ether oxygens (including phenoxy) is 1. The maximum absolute atomic E-state index is 9.62. The van der Waals surface area contributed by atoms with Gasteiger partial charge in [0.1, 0.15) is 0 Å². The lowest BCUT2D eigenvalue weighted by Gasteiger charge is -2.41. The summed E-state index contributed by atoms with van der Waals surface area (Å²) in [6.07, 6.45) is 5.25. The molecule has 1 unspecified atom stereocenters. The molecule has 1 aliphatic heterocycles. The molecule has 128 valence electrons. The number of benzene rings is 1. The van der Waals surface area contributed by atoms with Crippen molar-refractivity contribution >= 4 is 5.69 Å². The summed E-state index contributed by atoms with van der Waals surface area (Å²) in [4.78, 5) is 2.36. The van der Waals surface area contributed by atoms with Crippen molar-refractivity contribution in [2.24, 2.45) is 0 Å². The number of methoxy groups -OCH3 is 1. The number of nitrogens with zero attached hydrogens (tertiary/aromatic N) is 1. The zero-order valence-corrected chi connectivity index (χ0v) is 14.4. The zero-order valence-electron chi connectivity index (χ0n) is 14.4. The Morgan fingerprint density at radius 3 is 2.43 bits per heavy atom. The predicted molar refractivity (Wildman–Crippen MR) is 93.9 cm³/mol. The summed E-state index contributed by atoms with van der Waals surface area (Å²) >= 11 is 0. The summed E-state index contributed by atoms with van der Waals surface area (Å²) in [6, 6.07) is 9.19. The Morgan fingerprint density at radius 1 is 1.26 bits per heavy atom. The number of rotatable bonds is 6. The first-order valence-corrected chi connectivity index (χ1v) is 8.93. The second-order valence-electron chi connectivity index (χ2n) is 7.15. The van der Waals surface area contributed by atoms with Crippen molar-refractivity contribution in [2.75, 3.05) is 31.6 Å². The molecule has 1 heterocycles. The highest BCUT2D eigenvalue weighted by molar-refractivity contribution is 5.48. The molecule has 4 heteroatoms. The average molecular weight is 318 g/mol. The van der Waals surface area contributed by atoms with Crippen molar-refractivity contribution in [3.63, 3.8) is 0 Å². The predicted octanol–water partition coefficient (Wildman–Crippen LogP) is 2.87. The molecular weight excluding hydrogens is 288 g/mol. The molecule has 0 aromatic heterocycles. The van der Waals surface area contributed by atoms with Gasteiger partial charge in [-0.1, -0.05) is 12.1 Å². The van der Waals surface area contributed by atoms with Crippen LogP contribution in [0, 0.1) is 0 Å². The number of nitrogens with one attached hydrogen (secondary N) is 1. The Hall–Kier alpha value is -1.10. The second kappa shape index (κ2) is 7.20. The molecule has 4 nitrogen and oxygen atoms in total. The molecule has 1 aromatic carbocycles. The van der Waals surface area contributed by atoms with Crippen molar-refractivity contribution in [3.8, 4) is 0 Å². The van der Waals surface area contributed by atoms with E-state index in [4.69, 9.17) is 4.74 Å². The van der Waals surface area contributed by atoms with E-state index < -0.39 is 0 Å². The molecule has 3 rings (SSSR count). The summed E-state index contributed by atoms with van der Waals surface area (Å²) in [5.41, 5.74) is 2.65. The fraction of sp³-hybridized carbons (Fsp3) is 0.684. The van der Waals surface area contributed by atoms with Gasteiger partial charge >= 0.3 is 0 Å². The number of anilines is 1. The minimum atomic E-state index is -0.116. The molecule has 23 heavy (non-hydrogen) atoms. The number of aliphatic hydroxyl groups is 1. The Kier molecular flexibility index (Phi) is 5.24. The van der Waals surface area contributed by atoms with Crippen LogP contribution >= 0.6 is 0 Å². The van der Waals surface area contributed by atoms with Crippen LogP contribution in [0.25, 0.3) is 0 Å². The maximum Gasteiger partial charge on any atom is 0.0802 e. The minimum absolute atomic E-state index is 0.0723. The summed E-state index contributed by atoms with van der Waals surface area (Å²) < 4.78 is 5.68. The van der Waals surface area contributed by atoms with Crippen molar-refractivity contribution in [1.82, 2.24) is 5.32 Å². The van der Waals surface area contributed by atoms with Crippen molar-refractivity contribution < 1.29 is 9.84 Å². The Bertz CT molecular complexity index is 485. The molecule has 0 radical (unpaired) electrons. The third kappa shape index (κ3) is 3.87. The molecule has 1 atom stereocenters. The molecule has 1 saturated carbocycles. The van der Waals surface area contributed by atoms with Crippen LogP contribution in [0.2, 0.25) is 0 Å². The highest BCUT2D eigenvalue weighted by Crippen LogP contribution is 2.34. The average Bonchev–Trinajstić information content (AvgIpc) is 2.55. The van der Waals surface area contributed by atoms with Gasteiger partial charge in [0, 0.05) is 38.5 Å². The molecule has 1 aliphatic carbocycles.